The van der Waals surface area contributed by atoms with Gasteiger partial charge in [0.15, 0.2) is 5.16 Å². The highest BCUT2D eigenvalue weighted by Crippen LogP contribution is 2.15. The molecule has 0 aliphatic carbocycles. The quantitative estimate of drug-likeness (QED) is 0.547. The third-order valence-corrected chi connectivity index (χ3v) is 4.15. The van der Waals surface area contributed by atoms with E-state index in [9.17, 15) is 4.79 Å². The molecule has 0 saturated heterocycles. The van der Waals surface area contributed by atoms with E-state index in [0.29, 0.717) is 11.9 Å². The highest BCUT2D eigenvalue weighted by atomic mass is 32.2. The Morgan fingerprint density at radius 3 is 2.52 bits per heavy atom. The molecule has 2 aromatic carbocycles. The van der Waals surface area contributed by atoms with Crippen molar-refractivity contribution >= 4 is 22.7 Å². The Morgan fingerprint density at radius 1 is 1.05 bits per heavy atom. The van der Waals surface area contributed by atoms with Crippen LogP contribution in [0.1, 0.15) is 5.56 Å². The summed E-state index contributed by atoms with van der Waals surface area (Å²) >= 11 is 1.51. The Labute approximate surface area is 127 Å². The molecule has 0 fully saturated rings. The van der Waals surface area contributed by atoms with Crippen LogP contribution in [-0.4, -0.2) is 15.8 Å². The lowest BCUT2D eigenvalue weighted by Gasteiger charge is -2.11. The fourth-order valence-corrected chi connectivity index (χ4v) is 2.97. The third-order valence-electron chi connectivity index (χ3n) is 3.48. The van der Waals surface area contributed by atoms with Gasteiger partial charge in [0, 0.05) is 6.54 Å². The lowest BCUT2D eigenvalue weighted by Crippen LogP contribution is -2.24. The molecular formula is C17H16N2OS. The lowest BCUT2D eigenvalue weighted by atomic mass is 10.1. The van der Waals surface area contributed by atoms with Gasteiger partial charge in [0.25, 0.3) is 5.56 Å². The Balaban J connectivity index is 2.01. The molecule has 0 aliphatic heterocycles. The van der Waals surface area contributed by atoms with Gasteiger partial charge >= 0.3 is 0 Å². The average Bonchev–Trinajstić information content (AvgIpc) is 2.55. The first-order chi connectivity index (χ1) is 10.3. The predicted molar refractivity (Wildman–Crippen MR) is 87.9 cm³/mol. The fourth-order valence-electron chi connectivity index (χ4n) is 2.39. The van der Waals surface area contributed by atoms with Gasteiger partial charge in [-0.2, -0.15) is 0 Å². The standard InChI is InChI=1S/C17H16N2OS/c1-21-17-18-15-10-6-5-9-14(15)16(20)19(17)12-11-13-7-3-2-4-8-13/h2-10H,11-12H2,1H3. The number of rotatable bonds is 4. The zero-order valence-electron chi connectivity index (χ0n) is 11.8. The highest BCUT2D eigenvalue weighted by molar-refractivity contribution is 7.98. The van der Waals surface area contributed by atoms with Gasteiger partial charge in [-0.15, -0.1) is 0 Å². The van der Waals surface area contributed by atoms with Crippen molar-refractivity contribution < 1.29 is 0 Å². The molecule has 0 saturated carbocycles. The second kappa shape index (κ2) is 6.14. The SMILES string of the molecule is CSc1nc2ccccc2c(=O)n1CCc1ccccc1. The van der Waals surface area contributed by atoms with Gasteiger partial charge in [-0.1, -0.05) is 54.2 Å². The number of fused-ring (bicyclic) bond motifs is 1. The normalized spacial score (nSPS) is 10.9. The van der Waals surface area contributed by atoms with E-state index in [2.05, 4.69) is 17.1 Å². The topological polar surface area (TPSA) is 34.9 Å². The fraction of sp³-hybridized carbons (Fsp3) is 0.176. The molecule has 0 bridgehead atoms. The molecule has 21 heavy (non-hydrogen) atoms. The molecule has 1 aromatic heterocycles. The van der Waals surface area contributed by atoms with Crippen LogP contribution < -0.4 is 5.56 Å². The van der Waals surface area contributed by atoms with Gasteiger partial charge in [-0.3, -0.25) is 9.36 Å². The molecule has 3 nitrogen and oxygen atoms in total. The van der Waals surface area contributed by atoms with Crippen LogP contribution in [0, 0.1) is 0 Å². The summed E-state index contributed by atoms with van der Waals surface area (Å²) in [6.45, 7) is 0.650. The maximum Gasteiger partial charge on any atom is 0.262 e. The highest BCUT2D eigenvalue weighted by Gasteiger charge is 2.09. The maximum absolute atomic E-state index is 12.6. The molecular weight excluding hydrogens is 280 g/mol. The second-order valence-corrected chi connectivity index (χ2v) is 5.58. The molecule has 0 aliphatic rings. The molecule has 3 aromatic rings. The second-order valence-electron chi connectivity index (χ2n) is 4.81. The van der Waals surface area contributed by atoms with Crippen molar-refractivity contribution in [3.05, 3.63) is 70.5 Å². The van der Waals surface area contributed by atoms with Crippen molar-refractivity contribution in [3.63, 3.8) is 0 Å². The number of aryl methyl sites for hydroxylation is 1. The first-order valence-electron chi connectivity index (χ1n) is 6.87. The summed E-state index contributed by atoms with van der Waals surface area (Å²) in [6.07, 6.45) is 2.78. The molecule has 0 spiro atoms. The summed E-state index contributed by atoms with van der Waals surface area (Å²) < 4.78 is 1.78. The van der Waals surface area contributed by atoms with E-state index in [1.54, 1.807) is 4.57 Å². The summed E-state index contributed by atoms with van der Waals surface area (Å²) in [5.41, 5.74) is 2.04. The average molecular weight is 296 g/mol. The molecule has 0 unspecified atom stereocenters. The molecule has 0 amide bonds. The monoisotopic (exact) mass is 296 g/mol. The Morgan fingerprint density at radius 2 is 1.76 bits per heavy atom. The molecule has 0 radical (unpaired) electrons. The van der Waals surface area contributed by atoms with Crippen LogP contribution in [0.15, 0.2) is 64.5 Å². The number of nitrogens with zero attached hydrogens (tertiary/aromatic N) is 2. The van der Waals surface area contributed by atoms with E-state index in [4.69, 9.17) is 0 Å². The molecule has 0 N–H and O–H groups in total. The Bertz CT molecular complexity index is 812. The zero-order valence-corrected chi connectivity index (χ0v) is 12.6. The Hall–Kier alpha value is -2.07. The molecule has 1 heterocycles. The number of benzene rings is 2. The van der Waals surface area contributed by atoms with Crippen LogP contribution in [0.4, 0.5) is 0 Å². The van der Waals surface area contributed by atoms with Crippen LogP contribution in [0.2, 0.25) is 0 Å². The van der Waals surface area contributed by atoms with Crippen LogP contribution in [0.5, 0.6) is 0 Å². The molecule has 106 valence electrons. The minimum absolute atomic E-state index is 0.0425. The minimum Gasteiger partial charge on any atom is -0.287 e. The van der Waals surface area contributed by atoms with Crippen molar-refractivity contribution in [1.82, 2.24) is 9.55 Å². The first-order valence-corrected chi connectivity index (χ1v) is 8.09. The predicted octanol–water partition coefficient (Wildman–Crippen LogP) is 3.36. The summed E-state index contributed by atoms with van der Waals surface area (Å²) in [5, 5.41) is 1.46. The van der Waals surface area contributed by atoms with Crippen molar-refractivity contribution in [2.45, 2.75) is 18.1 Å². The van der Waals surface area contributed by atoms with E-state index in [1.165, 1.54) is 17.3 Å². The first kappa shape index (κ1) is 13.9. The molecule has 0 atom stereocenters. The summed E-state index contributed by atoms with van der Waals surface area (Å²) in [5.74, 6) is 0. The number of hydrogen-bond donors (Lipinski definition) is 0. The molecule has 4 heteroatoms. The van der Waals surface area contributed by atoms with Crippen LogP contribution in [0.3, 0.4) is 0 Å². The van der Waals surface area contributed by atoms with Crippen LogP contribution >= 0.6 is 11.8 Å². The lowest BCUT2D eigenvalue weighted by molar-refractivity contribution is 0.596. The van der Waals surface area contributed by atoms with E-state index >= 15 is 0 Å². The minimum atomic E-state index is 0.0425. The number of para-hydroxylation sites is 1. The van der Waals surface area contributed by atoms with Gasteiger partial charge < -0.3 is 0 Å². The van der Waals surface area contributed by atoms with Gasteiger partial charge in [0.1, 0.15) is 0 Å². The van der Waals surface area contributed by atoms with Gasteiger partial charge in [-0.25, -0.2) is 4.98 Å². The van der Waals surface area contributed by atoms with Crippen molar-refractivity contribution in [2.24, 2.45) is 0 Å². The van der Waals surface area contributed by atoms with Crippen LogP contribution in [0.25, 0.3) is 10.9 Å². The largest absolute Gasteiger partial charge is 0.287 e. The van der Waals surface area contributed by atoms with Crippen LogP contribution in [-0.2, 0) is 13.0 Å². The van der Waals surface area contributed by atoms with E-state index in [-0.39, 0.29) is 5.56 Å². The zero-order chi connectivity index (χ0) is 14.7. The summed E-state index contributed by atoms with van der Waals surface area (Å²) in [7, 11) is 0. The molecule has 3 rings (SSSR count). The Kier molecular flexibility index (Phi) is 4.06. The summed E-state index contributed by atoms with van der Waals surface area (Å²) in [4.78, 5) is 17.2. The number of thioether (sulfide) groups is 1. The third kappa shape index (κ3) is 2.85. The van der Waals surface area contributed by atoms with Crippen molar-refractivity contribution in [3.8, 4) is 0 Å². The van der Waals surface area contributed by atoms with E-state index in [1.807, 2.05) is 48.7 Å². The number of hydrogen-bond acceptors (Lipinski definition) is 3. The summed E-state index contributed by atoms with van der Waals surface area (Å²) in [6, 6.07) is 17.7. The van der Waals surface area contributed by atoms with Gasteiger partial charge in [-0.05, 0) is 30.4 Å². The smallest absolute Gasteiger partial charge is 0.262 e. The van der Waals surface area contributed by atoms with E-state index < -0.39 is 0 Å². The van der Waals surface area contributed by atoms with Crippen molar-refractivity contribution in [1.29, 1.82) is 0 Å². The maximum atomic E-state index is 12.6. The van der Waals surface area contributed by atoms with Gasteiger partial charge in [0.05, 0.1) is 10.9 Å². The van der Waals surface area contributed by atoms with Crippen molar-refractivity contribution in [2.75, 3.05) is 6.26 Å². The van der Waals surface area contributed by atoms with Gasteiger partial charge in [0.2, 0.25) is 0 Å². The number of aromatic nitrogens is 2. The van der Waals surface area contributed by atoms with E-state index in [0.717, 1.165) is 17.1 Å².